The van der Waals surface area contributed by atoms with Gasteiger partial charge >= 0.3 is 12.1 Å². The second kappa shape index (κ2) is 33.7. The molecule has 0 rings (SSSR count). The average Bonchev–Trinajstić information content (AvgIpc) is 2.83. The lowest BCUT2D eigenvalue weighted by atomic mass is 10.0. The minimum atomic E-state index is -1.83. The minimum Gasteiger partial charge on any atom is -0.481 e. The largest absolute Gasteiger partial charge is 0.503 e. The Morgan fingerprint density at radius 1 is 0.361 bits per heavy atom. The number of unbranched alkanes of at least 4 members (excludes halogenated alkanes) is 26. The highest BCUT2D eigenvalue weighted by molar-refractivity contribution is 5.66. The zero-order valence-electron chi connectivity index (χ0n) is 24.0. The zero-order valence-corrected chi connectivity index (χ0v) is 24.0. The molecule has 0 atom stereocenters. The van der Waals surface area contributed by atoms with Gasteiger partial charge in [0.2, 0.25) is 0 Å². The van der Waals surface area contributed by atoms with E-state index in [9.17, 15) is 4.79 Å². The summed E-state index contributed by atoms with van der Waals surface area (Å²) in [5, 5.41) is 22.6. The monoisotopic (exact) mass is 514 g/mol. The Bertz CT molecular complexity index is 435. The lowest BCUT2D eigenvalue weighted by Gasteiger charge is -2.04. The average molecular weight is 515 g/mol. The highest BCUT2D eigenvalue weighted by atomic mass is 16.6. The van der Waals surface area contributed by atoms with Gasteiger partial charge in [-0.25, -0.2) is 4.79 Å². The van der Waals surface area contributed by atoms with Gasteiger partial charge in [0.15, 0.2) is 0 Å². The summed E-state index contributed by atoms with van der Waals surface area (Å²) in [6, 6.07) is 0. The third-order valence-corrected chi connectivity index (χ3v) is 6.99. The third kappa shape index (κ3) is 42.9. The smallest absolute Gasteiger partial charge is 0.481 e. The third-order valence-electron chi connectivity index (χ3n) is 6.99. The van der Waals surface area contributed by atoms with Crippen LogP contribution in [0.2, 0.25) is 0 Å². The standard InChI is InChI=1S/C30H60O2.CH2O3/c1-2-3-4-5-6-7-8-9-10-11-12-13-14-15-16-17-18-19-20-21-22-23-24-25-26-27-28-29-30(31)32;2-1(3)4/h2-29H2,1H3,(H,31,32);(H2,2,3,4). The molecule has 0 aromatic carbocycles. The van der Waals surface area contributed by atoms with Crippen LogP contribution in [0.1, 0.15) is 187 Å². The predicted octanol–water partition coefficient (Wildman–Crippen LogP) is 11.2. The summed E-state index contributed by atoms with van der Waals surface area (Å²) in [5.41, 5.74) is 0. The molecular formula is C31H62O5. The van der Waals surface area contributed by atoms with Gasteiger partial charge in [-0.3, -0.25) is 4.79 Å². The SMILES string of the molecule is CCCCCCCCCCCCCCCCCCCCCCCCCCCCCC(=O)O.O=C(O)O. The summed E-state index contributed by atoms with van der Waals surface area (Å²) >= 11 is 0. The molecule has 3 N–H and O–H groups in total. The number of aliphatic carboxylic acids is 1. The van der Waals surface area contributed by atoms with Crippen molar-refractivity contribution in [2.75, 3.05) is 0 Å². The maximum atomic E-state index is 10.4. The van der Waals surface area contributed by atoms with Gasteiger partial charge in [-0.1, -0.05) is 174 Å². The van der Waals surface area contributed by atoms with Crippen LogP contribution in [0.15, 0.2) is 0 Å². The molecule has 0 aromatic rings. The van der Waals surface area contributed by atoms with Gasteiger partial charge < -0.3 is 15.3 Å². The number of carbonyl (C=O) groups is 2. The molecule has 5 nitrogen and oxygen atoms in total. The molecule has 216 valence electrons. The molecule has 0 fully saturated rings. The van der Waals surface area contributed by atoms with Crippen molar-refractivity contribution in [2.45, 2.75) is 187 Å². The van der Waals surface area contributed by atoms with E-state index in [2.05, 4.69) is 6.92 Å². The van der Waals surface area contributed by atoms with E-state index in [4.69, 9.17) is 20.1 Å². The summed E-state index contributed by atoms with van der Waals surface area (Å²) in [7, 11) is 0. The molecule has 5 heteroatoms. The molecule has 0 aliphatic heterocycles. The van der Waals surface area contributed by atoms with Gasteiger partial charge in [-0.15, -0.1) is 0 Å². The van der Waals surface area contributed by atoms with Gasteiger partial charge in [-0.05, 0) is 6.42 Å². The number of hydrogen-bond donors (Lipinski definition) is 3. The van der Waals surface area contributed by atoms with Crippen LogP contribution in [0.25, 0.3) is 0 Å². The molecule has 0 aromatic heterocycles. The molecule has 0 unspecified atom stereocenters. The fourth-order valence-corrected chi connectivity index (χ4v) is 4.77. The Morgan fingerprint density at radius 3 is 0.694 bits per heavy atom. The molecular weight excluding hydrogens is 452 g/mol. The molecule has 0 bridgehead atoms. The van der Waals surface area contributed by atoms with E-state index in [1.165, 1.54) is 161 Å². The van der Waals surface area contributed by atoms with Gasteiger partial charge in [-0.2, -0.15) is 0 Å². The van der Waals surface area contributed by atoms with E-state index in [0.29, 0.717) is 6.42 Å². The van der Waals surface area contributed by atoms with Crippen molar-refractivity contribution in [1.29, 1.82) is 0 Å². The Labute approximate surface area is 223 Å². The lowest BCUT2D eigenvalue weighted by molar-refractivity contribution is -0.137. The first-order valence-corrected chi connectivity index (χ1v) is 15.6. The number of hydrogen-bond acceptors (Lipinski definition) is 2. The zero-order chi connectivity index (χ0) is 27.0. The molecule has 0 heterocycles. The summed E-state index contributed by atoms with van der Waals surface area (Å²) < 4.78 is 0. The van der Waals surface area contributed by atoms with Crippen molar-refractivity contribution in [3.63, 3.8) is 0 Å². The molecule has 0 aliphatic rings. The van der Waals surface area contributed by atoms with Crippen molar-refractivity contribution < 1.29 is 24.9 Å². The van der Waals surface area contributed by atoms with Crippen LogP contribution in [0.4, 0.5) is 4.79 Å². The Kier molecular flexibility index (Phi) is 34.6. The van der Waals surface area contributed by atoms with E-state index in [0.717, 1.165) is 12.8 Å². The minimum absolute atomic E-state index is 0.347. The predicted molar refractivity (Wildman–Crippen MR) is 153 cm³/mol. The van der Waals surface area contributed by atoms with Crippen LogP contribution in [-0.2, 0) is 4.79 Å². The fraction of sp³-hybridized carbons (Fsp3) is 0.935. The van der Waals surface area contributed by atoms with Gasteiger partial charge in [0.25, 0.3) is 0 Å². The topological polar surface area (TPSA) is 94.8 Å². The maximum Gasteiger partial charge on any atom is 0.503 e. The first kappa shape index (κ1) is 36.9. The van der Waals surface area contributed by atoms with Crippen molar-refractivity contribution in [2.24, 2.45) is 0 Å². The molecule has 0 aliphatic carbocycles. The molecule has 0 radical (unpaired) electrons. The van der Waals surface area contributed by atoms with Crippen LogP contribution in [0.5, 0.6) is 0 Å². The van der Waals surface area contributed by atoms with Gasteiger partial charge in [0, 0.05) is 6.42 Å². The molecule has 36 heavy (non-hydrogen) atoms. The first-order chi connectivity index (χ1) is 17.5. The first-order valence-electron chi connectivity index (χ1n) is 15.6. The Hall–Kier alpha value is -1.26. The molecule has 0 saturated heterocycles. The van der Waals surface area contributed by atoms with E-state index in [1.807, 2.05) is 0 Å². The normalized spacial score (nSPS) is 10.7. The van der Waals surface area contributed by atoms with Crippen LogP contribution in [0, 0.1) is 0 Å². The second-order valence-corrected chi connectivity index (χ2v) is 10.6. The van der Waals surface area contributed by atoms with E-state index < -0.39 is 12.1 Å². The highest BCUT2D eigenvalue weighted by Crippen LogP contribution is 2.16. The van der Waals surface area contributed by atoms with Crippen LogP contribution in [0.3, 0.4) is 0 Å². The summed E-state index contributed by atoms with van der Waals surface area (Å²) in [5.74, 6) is -0.649. The molecule has 0 spiro atoms. The van der Waals surface area contributed by atoms with Gasteiger partial charge in [0.1, 0.15) is 0 Å². The van der Waals surface area contributed by atoms with E-state index >= 15 is 0 Å². The summed E-state index contributed by atoms with van der Waals surface area (Å²) in [4.78, 5) is 19.0. The number of carboxylic acids is 1. The Balaban J connectivity index is 0. The summed E-state index contributed by atoms with van der Waals surface area (Å²) in [6.45, 7) is 2.30. The quantitative estimate of drug-likeness (QED) is 0.0902. The molecule has 0 amide bonds. The lowest BCUT2D eigenvalue weighted by Crippen LogP contribution is -1.93. The Morgan fingerprint density at radius 2 is 0.528 bits per heavy atom. The van der Waals surface area contributed by atoms with Crippen molar-refractivity contribution in [3.8, 4) is 0 Å². The second-order valence-electron chi connectivity index (χ2n) is 10.6. The van der Waals surface area contributed by atoms with Crippen LogP contribution < -0.4 is 0 Å². The van der Waals surface area contributed by atoms with E-state index in [-0.39, 0.29) is 0 Å². The van der Waals surface area contributed by atoms with Gasteiger partial charge in [0.05, 0.1) is 0 Å². The number of rotatable bonds is 28. The van der Waals surface area contributed by atoms with Crippen LogP contribution >= 0.6 is 0 Å². The molecule has 0 saturated carbocycles. The van der Waals surface area contributed by atoms with Crippen molar-refractivity contribution in [1.82, 2.24) is 0 Å². The maximum absolute atomic E-state index is 10.4. The highest BCUT2D eigenvalue weighted by Gasteiger charge is 1.98. The summed E-state index contributed by atoms with van der Waals surface area (Å²) in [6.07, 6.45) is 36.1. The van der Waals surface area contributed by atoms with Crippen LogP contribution in [-0.4, -0.2) is 27.4 Å². The number of carboxylic acid groups (broad SMARTS) is 3. The van der Waals surface area contributed by atoms with Crippen molar-refractivity contribution >= 4 is 12.1 Å². The fourth-order valence-electron chi connectivity index (χ4n) is 4.77. The van der Waals surface area contributed by atoms with Crippen molar-refractivity contribution in [3.05, 3.63) is 0 Å². The van der Waals surface area contributed by atoms with E-state index in [1.54, 1.807) is 0 Å².